The van der Waals surface area contributed by atoms with Crippen molar-refractivity contribution in [3.63, 3.8) is 0 Å². The summed E-state index contributed by atoms with van der Waals surface area (Å²) in [6.45, 7) is 6.51. The van der Waals surface area contributed by atoms with Crippen molar-refractivity contribution in [3.8, 4) is 11.5 Å². The molecule has 194 valence electrons. The van der Waals surface area contributed by atoms with Gasteiger partial charge >= 0.3 is 0 Å². The fraction of sp³-hybridized carbons (Fsp3) is 0.414. The second-order valence-electron chi connectivity index (χ2n) is 9.27. The van der Waals surface area contributed by atoms with Gasteiger partial charge in [-0.05, 0) is 69.2 Å². The molecule has 0 aromatic heterocycles. The largest absolute Gasteiger partial charge is 0.490 e. The van der Waals surface area contributed by atoms with E-state index in [9.17, 15) is 9.59 Å². The number of nitrogens with zero attached hydrogens (tertiary/aromatic N) is 3. The minimum atomic E-state index is -0.188. The van der Waals surface area contributed by atoms with E-state index in [0.717, 1.165) is 42.3 Å². The second-order valence-corrected chi connectivity index (χ2v) is 10.5. The molecular formula is C29H33N3O4S. The Bertz CT molecular complexity index is 1200. The number of ether oxygens (including phenoxy) is 2. The van der Waals surface area contributed by atoms with E-state index in [1.165, 1.54) is 5.01 Å². The van der Waals surface area contributed by atoms with Gasteiger partial charge in [0.25, 0.3) is 11.8 Å². The summed E-state index contributed by atoms with van der Waals surface area (Å²) >= 11 is 1.87. The maximum atomic E-state index is 13.6. The highest BCUT2D eigenvalue weighted by molar-refractivity contribution is 7.99. The fourth-order valence-corrected chi connectivity index (χ4v) is 6.04. The van der Waals surface area contributed by atoms with Crippen molar-refractivity contribution in [1.82, 2.24) is 4.90 Å². The highest BCUT2D eigenvalue weighted by Crippen LogP contribution is 2.38. The van der Waals surface area contributed by atoms with E-state index in [2.05, 4.69) is 12.2 Å². The number of thioether (sulfide) groups is 1. The van der Waals surface area contributed by atoms with E-state index in [-0.39, 0.29) is 23.7 Å². The molecule has 0 radical (unpaired) electrons. The molecular weight excluding hydrogens is 486 g/mol. The van der Waals surface area contributed by atoms with Gasteiger partial charge in [-0.25, -0.2) is 5.01 Å². The zero-order valence-corrected chi connectivity index (χ0v) is 22.2. The van der Waals surface area contributed by atoms with E-state index in [4.69, 9.17) is 14.6 Å². The molecule has 1 saturated heterocycles. The van der Waals surface area contributed by atoms with Crippen molar-refractivity contribution in [1.29, 1.82) is 0 Å². The molecule has 0 saturated carbocycles. The summed E-state index contributed by atoms with van der Waals surface area (Å²) in [6, 6.07) is 13.1. The van der Waals surface area contributed by atoms with E-state index in [1.54, 1.807) is 12.1 Å². The molecule has 1 aliphatic carbocycles. The first kappa shape index (κ1) is 25.4. The number of hydrogen-bond acceptors (Lipinski definition) is 6. The SMILES string of the molecule is CCOc1ccc(C2=NN(c3ccc(C(=O)N4CCSCC4)cc3)C(=O)[C@@H]3CC=CC[C@H]23)cc1OCC. The van der Waals surface area contributed by atoms with Gasteiger partial charge in [-0.2, -0.15) is 16.9 Å². The first-order chi connectivity index (χ1) is 18.1. The lowest BCUT2D eigenvalue weighted by Crippen LogP contribution is -2.45. The van der Waals surface area contributed by atoms with Crippen LogP contribution < -0.4 is 14.5 Å². The Morgan fingerprint density at radius 3 is 2.32 bits per heavy atom. The number of hydrogen-bond donors (Lipinski definition) is 0. The highest BCUT2D eigenvalue weighted by atomic mass is 32.2. The average Bonchev–Trinajstić information content (AvgIpc) is 2.95. The van der Waals surface area contributed by atoms with Crippen molar-refractivity contribution in [2.75, 3.05) is 42.8 Å². The Hall–Kier alpha value is -3.26. The van der Waals surface area contributed by atoms with Crippen molar-refractivity contribution < 1.29 is 19.1 Å². The van der Waals surface area contributed by atoms with Crippen LogP contribution in [0.1, 0.15) is 42.6 Å². The number of benzene rings is 2. The van der Waals surface area contributed by atoms with Crippen LogP contribution in [-0.2, 0) is 4.79 Å². The standard InChI is InChI=1S/C29H33N3O4S/c1-3-35-25-14-11-21(19-26(25)36-4-2)27-23-7-5-6-8-24(23)29(34)32(30-27)22-12-9-20(10-13-22)28(33)31-15-17-37-18-16-31/h5-6,9-14,19,23-24H,3-4,7-8,15-18H2,1-2H3/t23-,24+/m0/s1. The van der Waals surface area contributed by atoms with Crippen molar-refractivity contribution in [3.05, 3.63) is 65.7 Å². The van der Waals surface area contributed by atoms with Gasteiger partial charge < -0.3 is 14.4 Å². The number of allylic oxidation sites excluding steroid dienone is 2. The number of hydrazone groups is 1. The third-order valence-electron chi connectivity index (χ3n) is 7.01. The molecule has 2 aliphatic heterocycles. The molecule has 0 bridgehead atoms. The maximum Gasteiger partial charge on any atom is 0.253 e. The van der Waals surface area contributed by atoms with Crippen molar-refractivity contribution in [2.24, 2.45) is 16.9 Å². The molecule has 2 amide bonds. The maximum absolute atomic E-state index is 13.6. The van der Waals surface area contributed by atoms with E-state index < -0.39 is 0 Å². The summed E-state index contributed by atoms with van der Waals surface area (Å²) in [6.07, 6.45) is 5.67. The molecule has 2 atom stereocenters. The van der Waals surface area contributed by atoms with Gasteiger partial charge in [-0.3, -0.25) is 9.59 Å². The summed E-state index contributed by atoms with van der Waals surface area (Å²) in [5, 5.41) is 6.41. The third kappa shape index (κ3) is 5.25. The van der Waals surface area contributed by atoms with E-state index >= 15 is 0 Å². The minimum absolute atomic E-state index is 0.000933. The highest BCUT2D eigenvalue weighted by Gasteiger charge is 2.40. The number of rotatable bonds is 7. The van der Waals surface area contributed by atoms with E-state index in [0.29, 0.717) is 42.4 Å². The van der Waals surface area contributed by atoms with Crippen molar-refractivity contribution >= 4 is 35.0 Å². The van der Waals surface area contributed by atoms with Crippen LogP contribution in [0.4, 0.5) is 5.69 Å². The topological polar surface area (TPSA) is 71.4 Å². The van der Waals surface area contributed by atoms with Crippen LogP contribution in [0.5, 0.6) is 11.5 Å². The second kappa shape index (κ2) is 11.4. The molecule has 0 N–H and O–H groups in total. The lowest BCUT2D eigenvalue weighted by molar-refractivity contribution is -0.123. The number of anilines is 1. The Morgan fingerprint density at radius 1 is 0.946 bits per heavy atom. The minimum Gasteiger partial charge on any atom is -0.490 e. The first-order valence-electron chi connectivity index (χ1n) is 13.0. The zero-order chi connectivity index (χ0) is 25.8. The lowest BCUT2D eigenvalue weighted by Gasteiger charge is -2.37. The van der Waals surface area contributed by atoms with Crippen molar-refractivity contribution in [2.45, 2.75) is 26.7 Å². The Morgan fingerprint density at radius 2 is 1.62 bits per heavy atom. The Balaban J connectivity index is 1.48. The molecule has 7 nitrogen and oxygen atoms in total. The molecule has 1 fully saturated rings. The van der Waals surface area contributed by atoms with Gasteiger partial charge in [0, 0.05) is 41.6 Å². The van der Waals surface area contributed by atoms with Crippen LogP contribution in [0.15, 0.2) is 59.7 Å². The molecule has 5 rings (SSSR count). The fourth-order valence-electron chi connectivity index (χ4n) is 5.14. The lowest BCUT2D eigenvalue weighted by atomic mass is 9.76. The predicted molar refractivity (Wildman–Crippen MR) is 148 cm³/mol. The summed E-state index contributed by atoms with van der Waals surface area (Å²) in [4.78, 5) is 28.4. The van der Waals surface area contributed by atoms with Crippen LogP contribution in [0.3, 0.4) is 0 Å². The van der Waals surface area contributed by atoms with Gasteiger partial charge in [-0.1, -0.05) is 12.2 Å². The molecule has 2 aromatic carbocycles. The molecule has 2 aromatic rings. The molecule has 8 heteroatoms. The number of amides is 2. The monoisotopic (exact) mass is 519 g/mol. The predicted octanol–water partition coefficient (Wildman–Crippen LogP) is 5.01. The van der Waals surface area contributed by atoms with Crippen LogP contribution >= 0.6 is 11.8 Å². The molecule has 3 aliphatic rings. The number of carbonyl (C=O) groups excluding carboxylic acids is 2. The van der Waals surface area contributed by atoms with E-state index in [1.807, 2.05) is 60.8 Å². The van der Waals surface area contributed by atoms with Gasteiger partial charge in [0.2, 0.25) is 0 Å². The zero-order valence-electron chi connectivity index (χ0n) is 21.4. The Kier molecular flexibility index (Phi) is 7.84. The summed E-state index contributed by atoms with van der Waals surface area (Å²) in [7, 11) is 0. The number of fused-ring (bicyclic) bond motifs is 1. The molecule has 0 spiro atoms. The third-order valence-corrected chi connectivity index (χ3v) is 7.96. The van der Waals surface area contributed by atoms with Crippen LogP contribution in [-0.4, -0.2) is 60.2 Å². The normalized spacial score (nSPS) is 21.4. The molecule has 37 heavy (non-hydrogen) atoms. The average molecular weight is 520 g/mol. The quantitative estimate of drug-likeness (QED) is 0.481. The first-order valence-corrected chi connectivity index (χ1v) is 14.2. The van der Waals surface area contributed by atoms with Gasteiger partial charge in [-0.15, -0.1) is 0 Å². The van der Waals surface area contributed by atoms with Gasteiger partial charge in [0.15, 0.2) is 11.5 Å². The molecule has 2 heterocycles. The number of carbonyl (C=O) groups is 2. The smallest absolute Gasteiger partial charge is 0.253 e. The van der Waals surface area contributed by atoms with Crippen LogP contribution in [0, 0.1) is 11.8 Å². The summed E-state index contributed by atoms with van der Waals surface area (Å²) < 4.78 is 11.6. The summed E-state index contributed by atoms with van der Waals surface area (Å²) in [5.41, 5.74) is 3.08. The van der Waals surface area contributed by atoms with Gasteiger partial charge in [0.1, 0.15) is 0 Å². The van der Waals surface area contributed by atoms with Gasteiger partial charge in [0.05, 0.1) is 30.5 Å². The molecule has 0 unspecified atom stereocenters. The Labute approximate surface area is 222 Å². The van der Waals surface area contributed by atoms with Crippen LogP contribution in [0.2, 0.25) is 0 Å². The van der Waals surface area contributed by atoms with Crippen LogP contribution in [0.25, 0.3) is 0 Å². The summed E-state index contributed by atoms with van der Waals surface area (Å²) in [5.74, 6) is 3.15.